The van der Waals surface area contributed by atoms with Gasteiger partial charge in [0, 0.05) is 12.5 Å². The molecule has 0 spiro atoms. The number of rotatable bonds is 5. The van der Waals surface area contributed by atoms with E-state index in [0.29, 0.717) is 0 Å². The topological polar surface area (TPSA) is 27.1 Å². The van der Waals surface area contributed by atoms with Gasteiger partial charge in [0.25, 0.3) is 0 Å². The van der Waals surface area contributed by atoms with Gasteiger partial charge in [-0.05, 0) is 47.0 Å². The maximum Gasteiger partial charge on any atom is 0.119 e. The Labute approximate surface area is 154 Å². The standard InChI is InChI=1S/C23H24N2O/c1-4-13-25-22-8-6-5-7-21(22)24-23(25)16(2)17-9-10-19-15-20(26-3)12-11-18(19)14-17/h5-12,14-16H,4,13H2,1-3H3/t16-/m0/s1. The van der Waals surface area contributed by atoms with Crippen molar-refractivity contribution in [3.05, 3.63) is 72.1 Å². The highest BCUT2D eigenvalue weighted by Crippen LogP contribution is 2.30. The summed E-state index contributed by atoms with van der Waals surface area (Å²) in [6.07, 6.45) is 1.09. The van der Waals surface area contributed by atoms with E-state index < -0.39 is 0 Å². The molecule has 0 aliphatic heterocycles. The molecule has 0 amide bonds. The second-order valence-corrected chi connectivity index (χ2v) is 6.80. The van der Waals surface area contributed by atoms with Gasteiger partial charge in [0.05, 0.1) is 18.1 Å². The number of methoxy groups -OCH3 is 1. The predicted molar refractivity (Wildman–Crippen MR) is 108 cm³/mol. The number of benzene rings is 3. The molecule has 0 fully saturated rings. The van der Waals surface area contributed by atoms with Crippen LogP contribution in [-0.2, 0) is 6.54 Å². The Morgan fingerprint density at radius 2 is 1.77 bits per heavy atom. The average molecular weight is 344 g/mol. The lowest BCUT2D eigenvalue weighted by Crippen LogP contribution is -2.08. The van der Waals surface area contributed by atoms with Crippen LogP contribution in [0.2, 0.25) is 0 Å². The van der Waals surface area contributed by atoms with Crippen LogP contribution in [0.5, 0.6) is 5.75 Å². The minimum atomic E-state index is 0.237. The van der Waals surface area contributed by atoms with Crippen LogP contribution < -0.4 is 4.74 Å². The molecule has 0 saturated carbocycles. The number of nitrogens with zero attached hydrogens (tertiary/aromatic N) is 2. The van der Waals surface area contributed by atoms with Gasteiger partial charge in [-0.25, -0.2) is 4.98 Å². The molecule has 26 heavy (non-hydrogen) atoms. The van der Waals surface area contributed by atoms with Gasteiger partial charge in [-0.3, -0.25) is 0 Å². The van der Waals surface area contributed by atoms with E-state index in [1.165, 1.54) is 21.9 Å². The Hall–Kier alpha value is -2.81. The summed E-state index contributed by atoms with van der Waals surface area (Å²) in [5.74, 6) is 2.27. The zero-order chi connectivity index (χ0) is 18.1. The SMILES string of the molecule is CCCn1c([C@@H](C)c2ccc3cc(OC)ccc3c2)nc2ccccc21. The Bertz CT molecular complexity index is 1060. The average Bonchev–Trinajstić information content (AvgIpc) is 3.05. The van der Waals surface area contributed by atoms with Crippen molar-refractivity contribution in [2.75, 3.05) is 7.11 Å². The lowest BCUT2D eigenvalue weighted by molar-refractivity contribution is 0.415. The summed E-state index contributed by atoms with van der Waals surface area (Å²) >= 11 is 0. The van der Waals surface area contributed by atoms with Gasteiger partial charge in [-0.2, -0.15) is 0 Å². The number of fused-ring (bicyclic) bond motifs is 2. The molecule has 1 atom stereocenters. The van der Waals surface area contributed by atoms with Gasteiger partial charge in [0.2, 0.25) is 0 Å². The molecule has 1 aromatic heterocycles. The summed E-state index contributed by atoms with van der Waals surface area (Å²) in [6, 6.07) is 21.3. The van der Waals surface area contributed by atoms with Gasteiger partial charge in [-0.1, -0.05) is 50.2 Å². The molecule has 0 radical (unpaired) electrons. The first-order chi connectivity index (χ1) is 12.7. The van der Waals surface area contributed by atoms with Gasteiger partial charge < -0.3 is 9.30 Å². The zero-order valence-corrected chi connectivity index (χ0v) is 15.6. The number of ether oxygens (including phenoxy) is 1. The third-order valence-electron chi connectivity index (χ3n) is 5.09. The molecule has 0 saturated heterocycles. The third kappa shape index (κ3) is 2.84. The summed E-state index contributed by atoms with van der Waals surface area (Å²) in [4.78, 5) is 4.96. The van der Waals surface area contributed by atoms with Crippen molar-refractivity contribution >= 4 is 21.8 Å². The zero-order valence-electron chi connectivity index (χ0n) is 15.6. The predicted octanol–water partition coefficient (Wildman–Crippen LogP) is 5.76. The first-order valence-corrected chi connectivity index (χ1v) is 9.24. The molecule has 0 unspecified atom stereocenters. The van der Waals surface area contributed by atoms with Crippen LogP contribution in [0.4, 0.5) is 0 Å². The van der Waals surface area contributed by atoms with E-state index in [9.17, 15) is 0 Å². The minimum Gasteiger partial charge on any atom is -0.497 e. The van der Waals surface area contributed by atoms with Crippen LogP contribution in [0.3, 0.4) is 0 Å². The Balaban J connectivity index is 1.79. The fourth-order valence-corrected chi connectivity index (χ4v) is 3.67. The lowest BCUT2D eigenvalue weighted by atomic mass is 9.97. The van der Waals surface area contributed by atoms with Gasteiger partial charge >= 0.3 is 0 Å². The third-order valence-corrected chi connectivity index (χ3v) is 5.09. The van der Waals surface area contributed by atoms with Crippen LogP contribution in [0.15, 0.2) is 60.7 Å². The van der Waals surface area contributed by atoms with Crippen molar-refractivity contribution in [1.29, 1.82) is 0 Å². The van der Waals surface area contributed by atoms with Crippen molar-refractivity contribution in [3.8, 4) is 5.75 Å². The molecule has 1 heterocycles. The van der Waals surface area contributed by atoms with Gasteiger partial charge in [0.1, 0.15) is 11.6 Å². The van der Waals surface area contributed by atoms with E-state index in [-0.39, 0.29) is 5.92 Å². The summed E-state index contributed by atoms with van der Waals surface area (Å²) in [5, 5.41) is 2.43. The highest BCUT2D eigenvalue weighted by atomic mass is 16.5. The number of hydrogen-bond acceptors (Lipinski definition) is 2. The van der Waals surface area contributed by atoms with Gasteiger partial charge in [-0.15, -0.1) is 0 Å². The number of hydrogen-bond donors (Lipinski definition) is 0. The highest BCUT2D eigenvalue weighted by molar-refractivity contribution is 5.85. The van der Waals surface area contributed by atoms with E-state index in [1.54, 1.807) is 7.11 Å². The quantitative estimate of drug-likeness (QED) is 0.460. The second kappa shape index (κ2) is 6.83. The van der Waals surface area contributed by atoms with Crippen LogP contribution >= 0.6 is 0 Å². The summed E-state index contributed by atoms with van der Waals surface area (Å²) < 4.78 is 7.71. The molecule has 0 aliphatic rings. The second-order valence-electron chi connectivity index (χ2n) is 6.80. The van der Waals surface area contributed by atoms with E-state index >= 15 is 0 Å². The number of para-hydroxylation sites is 2. The molecule has 3 nitrogen and oxygen atoms in total. The molecule has 3 aromatic carbocycles. The van der Waals surface area contributed by atoms with Crippen molar-refractivity contribution in [2.45, 2.75) is 32.7 Å². The molecular formula is C23H24N2O. The van der Waals surface area contributed by atoms with Crippen molar-refractivity contribution in [3.63, 3.8) is 0 Å². The normalized spacial score (nSPS) is 12.6. The first-order valence-electron chi connectivity index (χ1n) is 9.24. The van der Waals surface area contributed by atoms with Crippen LogP contribution in [0.25, 0.3) is 21.8 Å². The van der Waals surface area contributed by atoms with E-state index in [0.717, 1.165) is 30.1 Å². The summed E-state index contributed by atoms with van der Waals surface area (Å²) in [6.45, 7) is 5.45. The van der Waals surface area contributed by atoms with Crippen molar-refractivity contribution < 1.29 is 4.74 Å². The largest absolute Gasteiger partial charge is 0.497 e. The van der Waals surface area contributed by atoms with E-state index in [4.69, 9.17) is 9.72 Å². The maximum absolute atomic E-state index is 5.33. The molecule has 3 heteroatoms. The lowest BCUT2D eigenvalue weighted by Gasteiger charge is -2.15. The summed E-state index contributed by atoms with van der Waals surface area (Å²) in [7, 11) is 1.70. The monoisotopic (exact) mass is 344 g/mol. The van der Waals surface area contributed by atoms with Crippen molar-refractivity contribution in [1.82, 2.24) is 9.55 Å². The number of aryl methyl sites for hydroxylation is 1. The molecule has 0 bridgehead atoms. The van der Waals surface area contributed by atoms with Crippen LogP contribution in [0, 0.1) is 0 Å². The maximum atomic E-state index is 5.33. The van der Waals surface area contributed by atoms with Crippen LogP contribution in [-0.4, -0.2) is 16.7 Å². The number of imidazole rings is 1. The minimum absolute atomic E-state index is 0.237. The van der Waals surface area contributed by atoms with Gasteiger partial charge in [0.15, 0.2) is 0 Å². The molecule has 0 N–H and O–H groups in total. The molecular weight excluding hydrogens is 320 g/mol. The van der Waals surface area contributed by atoms with Crippen molar-refractivity contribution in [2.24, 2.45) is 0 Å². The van der Waals surface area contributed by atoms with E-state index in [2.05, 4.69) is 73.0 Å². The Morgan fingerprint density at radius 3 is 2.58 bits per heavy atom. The molecule has 132 valence electrons. The smallest absolute Gasteiger partial charge is 0.119 e. The van der Waals surface area contributed by atoms with Crippen LogP contribution in [0.1, 0.15) is 37.6 Å². The number of aromatic nitrogens is 2. The molecule has 4 rings (SSSR count). The summed E-state index contributed by atoms with van der Waals surface area (Å²) in [5.41, 5.74) is 3.59. The molecule has 0 aliphatic carbocycles. The highest BCUT2D eigenvalue weighted by Gasteiger charge is 2.18. The fraction of sp³-hybridized carbons (Fsp3) is 0.261. The fourth-order valence-electron chi connectivity index (χ4n) is 3.67. The van der Waals surface area contributed by atoms with E-state index in [1.807, 2.05) is 6.07 Å². The first kappa shape index (κ1) is 16.6. The Morgan fingerprint density at radius 1 is 1.00 bits per heavy atom. The molecule has 4 aromatic rings. The Kier molecular flexibility index (Phi) is 4.37.